The molecule has 0 heterocycles. The summed E-state index contributed by atoms with van der Waals surface area (Å²) < 4.78 is 0. The Balaban J connectivity index is 2.76. The van der Waals surface area contributed by atoms with Gasteiger partial charge in [-0.15, -0.1) is 0 Å². The van der Waals surface area contributed by atoms with E-state index in [1.807, 2.05) is 19.0 Å². The van der Waals surface area contributed by atoms with E-state index in [0.29, 0.717) is 11.5 Å². The smallest absolute Gasteiger partial charge is 0.251 e. The Hall–Kier alpha value is -1.75. The number of benzene rings is 1. The standard InChI is InChI=1S/C15H24N2O3/c1-10(2)7-12(9-17(3)4)16-15(20)11-5-6-13(18)14(19)8-11/h5-6,8,10,12,18-19H,7,9H2,1-4H3,(H,16,20). The van der Waals surface area contributed by atoms with E-state index in [4.69, 9.17) is 0 Å². The number of hydrogen-bond acceptors (Lipinski definition) is 4. The SMILES string of the molecule is CC(C)CC(CN(C)C)NC(=O)c1ccc(O)c(O)c1. The van der Waals surface area contributed by atoms with Crippen molar-refractivity contribution in [3.05, 3.63) is 23.8 Å². The molecule has 0 aliphatic carbocycles. The molecule has 0 bridgehead atoms. The highest BCUT2D eigenvalue weighted by Gasteiger charge is 2.16. The van der Waals surface area contributed by atoms with Gasteiger partial charge in [0, 0.05) is 18.2 Å². The first-order chi connectivity index (χ1) is 9.29. The summed E-state index contributed by atoms with van der Waals surface area (Å²) in [5, 5.41) is 21.7. The molecule has 112 valence electrons. The largest absolute Gasteiger partial charge is 0.504 e. The van der Waals surface area contributed by atoms with Gasteiger partial charge >= 0.3 is 0 Å². The van der Waals surface area contributed by atoms with E-state index in [1.54, 1.807) is 0 Å². The monoisotopic (exact) mass is 280 g/mol. The van der Waals surface area contributed by atoms with E-state index in [0.717, 1.165) is 13.0 Å². The third-order valence-corrected chi connectivity index (χ3v) is 2.91. The third-order valence-electron chi connectivity index (χ3n) is 2.91. The zero-order chi connectivity index (χ0) is 15.3. The van der Waals surface area contributed by atoms with Crippen LogP contribution < -0.4 is 5.32 Å². The molecule has 0 radical (unpaired) electrons. The van der Waals surface area contributed by atoms with Crippen molar-refractivity contribution in [2.24, 2.45) is 5.92 Å². The van der Waals surface area contributed by atoms with Crippen molar-refractivity contribution >= 4 is 5.91 Å². The van der Waals surface area contributed by atoms with Gasteiger partial charge in [0.25, 0.3) is 5.91 Å². The summed E-state index contributed by atoms with van der Waals surface area (Å²) in [6.07, 6.45) is 0.883. The highest BCUT2D eigenvalue weighted by molar-refractivity contribution is 5.95. The van der Waals surface area contributed by atoms with Crippen molar-refractivity contribution < 1.29 is 15.0 Å². The van der Waals surface area contributed by atoms with Gasteiger partial charge in [0.1, 0.15) is 0 Å². The van der Waals surface area contributed by atoms with Crippen molar-refractivity contribution in [3.63, 3.8) is 0 Å². The zero-order valence-electron chi connectivity index (χ0n) is 12.6. The Bertz CT molecular complexity index is 448. The number of carbonyl (C=O) groups excluding carboxylic acids is 1. The lowest BCUT2D eigenvalue weighted by Crippen LogP contribution is -2.42. The van der Waals surface area contributed by atoms with Gasteiger partial charge in [-0.25, -0.2) is 0 Å². The molecule has 0 fully saturated rings. The summed E-state index contributed by atoms with van der Waals surface area (Å²) in [6, 6.07) is 4.13. The molecule has 0 saturated heterocycles. The molecule has 3 N–H and O–H groups in total. The van der Waals surface area contributed by atoms with Crippen molar-refractivity contribution in [1.82, 2.24) is 10.2 Å². The maximum atomic E-state index is 12.2. The fraction of sp³-hybridized carbons (Fsp3) is 0.533. The molecule has 0 saturated carbocycles. The van der Waals surface area contributed by atoms with Gasteiger partial charge in [0.15, 0.2) is 11.5 Å². The lowest BCUT2D eigenvalue weighted by molar-refractivity contribution is 0.0924. The molecule has 1 aromatic rings. The van der Waals surface area contributed by atoms with Crippen LogP contribution in [0, 0.1) is 5.92 Å². The number of hydrogen-bond donors (Lipinski definition) is 3. The Morgan fingerprint density at radius 3 is 2.40 bits per heavy atom. The number of carbonyl (C=O) groups is 1. The maximum absolute atomic E-state index is 12.2. The van der Waals surface area contributed by atoms with Gasteiger partial charge in [-0.2, -0.15) is 0 Å². The number of aromatic hydroxyl groups is 2. The van der Waals surface area contributed by atoms with Crippen molar-refractivity contribution in [2.45, 2.75) is 26.3 Å². The molecular formula is C15H24N2O3. The summed E-state index contributed by atoms with van der Waals surface area (Å²) in [5.74, 6) is -0.277. The van der Waals surface area contributed by atoms with Gasteiger partial charge < -0.3 is 20.4 Å². The molecule has 5 heteroatoms. The molecule has 0 aliphatic rings. The number of rotatable bonds is 6. The van der Waals surface area contributed by atoms with E-state index < -0.39 is 0 Å². The van der Waals surface area contributed by atoms with Gasteiger partial charge in [0.2, 0.25) is 0 Å². The van der Waals surface area contributed by atoms with Crippen molar-refractivity contribution in [3.8, 4) is 11.5 Å². The molecule has 1 amide bonds. The average Bonchev–Trinajstić information content (AvgIpc) is 2.30. The van der Waals surface area contributed by atoms with Gasteiger partial charge in [-0.3, -0.25) is 4.79 Å². The van der Waals surface area contributed by atoms with Gasteiger partial charge in [0.05, 0.1) is 0 Å². The number of phenolic OH excluding ortho intramolecular Hbond substituents is 2. The predicted octanol–water partition coefficient (Wildman–Crippen LogP) is 1.80. The maximum Gasteiger partial charge on any atom is 0.251 e. The second-order valence-corrected chi connectivity index (χ2v) is 5.77. The number of nitrogens with one attached hydrogen (secondary N) is 1. The van der Waals surface area contributed by atoms with Crippen LogP contribution >= 0.6 is 0 Å². The fourth-order valence-electron chi connectivity index (χ4n) is 2.12. The predicted molar refractivity (Wildman–Crippen MR) is 79.0 cm³/mol. The van der Waals surface area contributed by atoms with Crippen LogP contribution in [-0.4, -0.2) is 47.7 Å². The minimum atomic E-state index is -0.286. The van der Waals surface area contributed by atoms with Gasteiger partial charge in [-0.1, -0.05) is 13.8 Å². The second kappa shape index (κ2) is 7.14. The Morgan fingerprint density at radius 1 is 1.25 bits per heavy atom. The normalized spacial score (nSPS) is 12.7. The van der Waals surface area contributed by atoms with E-state index in [-0.39, 0.29) is 23.4 Å². The quantitative estimate of drug-likeness (QED) is 0.695. The first kappa shape index (κ1) is 16.3. The fourth-order valence-corrected chi connectivity index (χ4v) is 2.12. The molecule has 1 aromatic carbocycles. The lowest BCUT2D eigenvalue weighted by Gasteiger charge is -2.24. The minimum absolute atomic E-state index is 0.0495. The van der Waals surface area contributed by atoms with E-state index >= 15 is 0 Å². The summed E-state index contributed by atoms with van der Waals surface area (Å²) >= 11 is 0. The number of nitrogens with zero attached hydrogens (tertiary/aromatic N) is 1. The topological polar surface area (TPSA) is 72.8 Å². The number of amides is 1. The zero-order valence-corrected chi connectivity index (χ0v) is 12.6. The van der Waals surface area contributed by atoms with Crippen molar-refractivity contribution in [2.75, 3.05) is 20.6 Å². The molecule has 5 nitrogen and oxygen atoms in total. The highest BCUT2D eigenvalue weighted by atomic mass is 16.3. The summed E-state index contributed by atoms with van der Waals surface area (Å²) in [4.78, 5) is 14.2. The Kier molecular flexibility index (Phi) is 5.82. The van der Waals surface area contributed by atoms with Gasteiger partial charge in [-0.05, 0) is 44.6 Å². The molecule has 0 aliphatic heterocycles. The highest BCUT2D eigenvalue weighted by Crippen LogP contribution is 2.24. The first-order valence-electron chi connectivity index (χ1n) is 6.77. The van der Waals surface area contributed by atoms with E-state index in [9.17, 15) is 15.0 Å². The first-order valence-corrected chi connectivity index (χ1v) is 6.77. The summed E-state index contributed by atoms with van der Waals surface area (Å²) in [5.41, 5.74) is 0.341. The van der Waals surface area contributed by atoms with Crippen LogP contribution in [0.3, 0.4) is 0 Å². The molecule has 0 aromatic heterocycles. The molecule has 20 heavy (non-hydrogen) atoms. The van der Waals surface area contributed by atoms with Crippen LogP contribution in [0.15, 0.2) is 18.2 Å². The second-order valence-electron chi connectivity index (χ2n) is 5.77. The van der Waals surface area contributed by atoms with Crippen LogP contribution in [0.25, 0.3) is 0 Å². The number of phenols is 2. The number of likely N-dealkylation sites (N-methyl/N-ethyl adjacent to an activating group) is 1. The molecule has 1 atom stereocenters. The molecule has 1 unspecified atom stereocenters. The van der Waals surface area contributed by atoms with Crippen LogP contribution in [0.4, 0.5) is 0 Å². The molecular weight excluding hydrogens is 256 g/mol. The van der Waals surface area contributed by atoms with Crippen molar-refractivity contribution in [1.29, 1.82) is 0 Å². The minimum Gasteiger partial charge on any atom is -0.504 e. The summed E-state index contributed by atoms with van der Waals surface area (Å²) in [7, 11) is 3.93. The Labute approximate surface area is 120 Å². The third kappa shape index (κ3) is 5.09. The molecule has 0 spiro atoms. The van der Waals surface area contributed by atoms with Crippen LogP contribution in [0.1, 0.15) is 30.6 Å². The van der Waals surface area contributed by atoms with E-state index in [2.05, 4.69) is 19.2 Å². The van der Waals surface area contributed by atoms with Crippen LogP contribution in [0.2, 0.25) is 0 Å². The lowest BCUT2D eigenvalue weighted by atomic mass is 10.0. The molecule has 1 rings (SSSR count). The Morgan fingerprint density at radius 2 is 1.90 bits per heavy atom. The summed E-state index contributed by atoms with van der Waals surface area (Å²) in [6.45, 7) is 4.98. The average molecular weight is 280 g/mol. The van der Waals surface area contributed by atoms with Crippen LogP contribution in [-0.2, 0) is 0 Å². The van der Waals surface area contributed by atoms with E-state index in [1.165, 1.54) is 18.2 Å². The van der Waals surface area contributed by atoms with Crippen LogP contribution in [0.5, 0.6) is 11.5 Å².